The Morgan fingerprint density at radius 3 is 3.00 bits per heavy atom. The fourth-order valence-electron chi connectivity index (χ4n) is 2.56. The second-order valence-corrected chi connectivity index (χ2v) is 4.81. The van der Waals surface area contributed by atoms with E-state index in [0.717, 1.165) is 19.6 Å². The fraction of sp³-hybridized carbons (Fsp3) is 0.571. The molecule has 1 aromatic rings. The predicted molar refractivity (Wildman–Crippen MR) is 70.0 cm³/mol. The molecule has 1 heterocycles. The minimum absolute atomic E-state index is 0.568. The van der Waals surface area contributed by atoms with Crippen LogP contribution in [-0.2, 0) is 6.54 Å². The Morgan fingerprint density at radius 2 is 2.25 bits per heavy atom. The first-order chi connectivity index (χ1) is 7.72. The quantitative estimate of drug-likeness (QED) is 0.821. The molecule has 2 nitrogen and oxygen atoms in total. The summed E-state index contributed by atoms with van der Waals surface area (Å²) in [7, 11) is 0. The van der Waals surface area contributed by atoms with Crippen molar-refractivity contribution < 1.29 is 0 Å². The largest absolute Gasteiger partial charge is 0.370 e. The topological polar surface area (TPSA) is 15.3 Å². The summed E-state index contributed by atoms with van der Waals surface area (Å²) in [6.45, 7) is 10.0. The summed E-state index contributed by atoms with van der Waals surface area (Å²) in [5.74, 6) is 0. The van der Waals surface area contributed by atoms with Gasteiger partial charge in [-0.2, -0.15) is 0 Å². The maximum Gasteiger partial charge on any atom is 0.0442 e. The van der Waals surface area contributed by atoms with Crippen LogP contribution in [0.25, 0.3) is 0 Å². The van der Waals surface area contributed by atoms with Gasteiger partial charge in [0.1, 0.15) is 0 Å². The lowest BCUT2D eigenvalue weighted by molar-refractivity contribution is 0.552. The van der Waals surface area contributed by atoms with Gasteiger partial charge in [-0.05, 0) is 31.4 Å². The van der Waals surface area contributed by atoms with Gasteiger partial charge in [0.2, 0.25) is 0 Å². The van der Waals surface area contributed by atoms with E-state index in [9.17, 15) is 0 Å². The van der Waals surface area contributed by atoms with Gasteiger partial charge in [-0.15, -0.1) is 0 Å². The predicted octanol–water partition coefficient (Wildman–Crippen LogP) is 2.70. The van der Waals surface area contributed by atoms with Crippen molar-refractivity contribution in [3.63, 3.8) is 0 Å². The van der Waals surface area contributed by atoms with Crippen molar-refractivity contribution >= 4 is 5.69 Å². The van der Waals surface area contributed by atoms with Gasteiger partial charge in [-0.3, -0.25) is 0 Å². The van der Waals surface area contributed by atoms with E-state index in [1.54, 1.807) is 0 Å². The highest BCUT2D eigenvalue weighted by atomic mass is 15.2. The zero-order valence-electron chi connectivity index (χ0n) is 10.6. The lowest BCUT2D eigenvalue weighted by atomic mass is 10.1. The van der Waals surface area contributed by atoms with E-state index in [4.69, 9.17) is 0 Å². The van der Waals surface area contributed by atoms with E-state index in [1.165, 1.54) is 23.2 Å². The SMILES string of the molecule is CCCN1CC(C)NCc2cccc(C)c21. The van der Waals surface area contributed by atoms with E-state index in [1.807, 2.05) is 0 Å². The van der Waals surface area contributed by atoms with Crippen molar-refractivity contribution in [3.8, 4) is 0 Å². The Balaban J connectivity index is 2.38. The van der Waals surface area contributed by atoms with Crippen molar-refractivity contribution in [2.75, 3.05) is 18.0 Å². The molecule has 2 heteroatoms. The normalized spacial score (nSPS) is 20.4. The van der Waals surface area contributed by atoms with Crippen molar-refractivity contribution in [1.29, 1.82) is 0 Å². The van der Waals surface area contributed by atoms with Gasteiger partial charge in [-0.1, -0.05) is 25.1 Å². The highest BCUT2D eigenvalue weighted by Crippen LogP contribution is 2.27. The number of nitrogens with zero attached hydrogens (tertiary/aromatic N) is 1. The number of para-hydroxylation sites is 1. The van der Waals surface area contributed by atoms with Crippen molar-refractivity contribution in [3.05, 3.63) is 29.3 Å². The second kappa shape index (κ2) is 4.88. The number of benzene rings is 1. The van der Waals surface area contributed by atoms with Crippen molar-refractivity contribution in [2.24, 2.45) is 0 Å². The summed E-state index contributed by atoms with van der Waals surface area (Å²) >= 11 is 0. The average molecular weight is 218 g/mol. The van der Waals surface area contributed by atoms with Crippen LogP contribution in [-0.4, -0.2) is 19.1 Å². The monoisotopic (exact) mass is 218 g/mol. The molecule has 1 aliphatic rings. The van der Waals surface area contributed by atoms with Crippen LogP contribution < -0.4 is 10.2 Å². The maximum atomic E-state index is 3.57. The van der Waals surface area contributed by atoms with Gasteiger partial charge in [0.15, 0.2) is 0 Å². The van der Waals surface area contributed by atoms with Crippen LogP contribution in [0.4, 0.5) is 5.69 Å². The van der Waals surface area contributed by atoms with Crippen LogP contribution in [0.3, 0.4) is 0 Å². The molecule has 0 amide bonds. The summed E-state index contributed by atoms with van der Waals surface area (Å²) in [5, 5.41) is 3.57. The number of hydrogen-bond donors (Lipinski definition) is 1. The summed E-state index contributed by atoms with van der Waals surface area (Å²) < 4.78 is 0. The molecule has 0 bridgehead atoms. The van der Waals surface area contributed by atoms with Crippen LogP contribution in [0.2, 0.25) is 0 Å². The molecule has 16 heavy (non-hydrogen) atoms. The molecule has 0 radical (unpaired) electrons. The molecule has 1 aromatic carbocycles. The standard InChI is InChI=1S/C14H22N2/c1-4-8-16-10-12(3)15-9-13-7-5-6-11(2)14(13)16/h5-7,12,15H,4,8-10H2,1-3H3. The third-order valence-electron chi connectivity index (χ3n) is 3.27. The minimum atomic E-state index is 0.568. The molecule has 1 atom stereocenters. The zero-order chi connectivity index (χ0) is 11.5. The molecule has 0 saturated carbocycles. The van der Waals surface area contributed by atoms with E-state index in [2.05, 4.69) is 49.2 Å². The van der Waals surface area contributed by atoms with E-state index >= 15 is 0 Å². The van der Waals surface area contributed by atoms with Gasteiger partial charge < -0.3 is 10.2 Å². The van der Waals surface area contributed by atoms with Gasteiger partial charge in [0, 0.05) is 31.4 Å². The smallest absolute Gasteiger partial charge is 0.0442 e. The maximum absolute atomic E-state index is 3.57. The van der Waals surface area contributed by atoms with Crippen LogP contribution in [0.5, 0.6) is 0 Å². The summed E-state index contributed by atoms with van der Waals surface area (Å²) in [4.78, 5) is 2.54. The Bertz CT molecular complexity index is 360. The number of rotatable bonds is 2. The molecule has 0 aromatic heterocycles. The molecule has 2 rings (SSSR count). The molecule has 0 spiro atoms. The van der Waals surface area contributed by atoms with Crippen LogP contribution in [0.1, 0.15) is 31.4 Å². The Morgan fingerprint density at radius 1 is 1.44 bits per heavy atom. The average Bonchev–Trinajstić information content (AvgIpc) is 2.40. The number of hydrogen-bond acceptors (Lipinski definition) is 2. The summed E-state index contributed by atoms with van der Waals surface area (Å²) in [5.41, 5.74) is 4.31. The third-order valence-corrected chi connectivity index (χ3v) is 3.27. The molecule has 0 aliphatic carbocycles. The summed E-state index contributed by atoms with van der Waals surface area (Å²) in [6.07, 6.45) is 1.21. The van der Waals surface area contributed by atoms with Gasteiger partial charge in [0.25, 0.3) is 0 Å². The molecule has 1 N–H and O–H groups in total. The molecular weight excluding hydrogens is 196 g/mol. The Kier molecular flexibility index (Phi) is 3.49. The number of nitrogens with one attached hydrogen (secondary N) is 1. The first-order valence-electron chi connectivity index (χ1n) is 6.29. The Labute approximate surface area is 98.7 Å². The zero-order valence-corrected chi connectivity index (χ0v) is 10.6. The number of aryl methyl sites for hydroxylation is 1. The molecular formula is C14H22N2. The van der Waals surface area contributed by atoms with Crippen molar-refractivity contribution in [2.45, 2.75) is 39.8 Å². The summed E-state index contributed by atoms with van der Waals surface area (Å²) in [6, 6.07) is 7.20. The number of fused-ring (bicyclic) bond motifs is 1. The molecule has 0 saturated heterocycles. The fourth-order valence-corrected chi connectivity index (χ4v) is 2.56. The second-order valence-electron chi connectivity index (χ2n) is 4.81. The Hall–Kier alpha value is -1.02. The van der Waals surface area contributed by atoms with Crippen LogP contribution in [0, 0.1) is 6.92 Å². The van der Waals surface area contributed by atoms with Gasteiger partial charge in [-0.25, -0.2) is 0 Å². The van der Waals surface area contributed by atoms with E-state index in [-0.39, 0.29) is 0 Å². The third kappa shape index (κ3) is 2.22. The lowest BCUT2D eigenvalue weighted by Crippen LogP contribution is -2.36. The molecule has 1 aliphatic heterocycles. The van der Waals surface area contributed by atoms with Gasteiger partial charge in [0.05, 0.1) is 0 Å². The molecule has 88 valence electrons. The van der Waals surface area contributed by atoms with Crippen LogP contribution in [0.15, 0.2) is 18.2 Å². The lowest BCUT2D eigenvalue weighted by Gasteiger charge is -2.27. The highest BCUT2D eigenvalue weighted by Gasteiger charge is 2.19. The highest BCUT2D eigenvalue weighted by molar-refractivity contribution is 5.60. The molecule has 0 fully saturated rings. The van der Waals surface area contributed by atoms with Crippen LogP contribution >= 0.6 is 0 Å². The van der Waals surface area contributed by atoms with Gasteiger partial charge >= 0.3 is 0 Å². The minimum Gasteiger partial charge on any atom is -0.370 e. The first kappa shape index (κ1) is 11.5. The number of anilines is 1. The first-order valence-corrected chi connectivity index (χ1v) is 6.29. The van der Waals surface area contributed by atoms with E-state index in [0.29, 0.717) is 6.04 Å². The van der Waals surface area contributed by atoms with E-state index < -0.39 is 0 Å². The van der Waals surface area contributed by atoms with Crippen molar-refractivity contribution in [1.82, 2.24) is 5.32 Å². The molecule has 1 unspecified atom stereocenters.